The Morgan fingerprint density at radius 2 is 1.67 bits per heavy atom. The first kappa shape index (κ1) is 21.0. The van der Waals surface area contributed by atoms with Gasteiger partial charge in [-0.1, -0.05) is 12.8 Å². The molecule has 2 N–H and O–H groups in total. The third kappa shape index (κ3) is 4.72. The second kappa shape index (κ2) is 8.56. The molecule has 4 nitrogen and oxygen atoms in total. The Kier molecular flexibility index (Phi) is 8.55. The minimum Gasteiger partial charge on any atom is -0.353 e. The highest BCUT2D eigenvalue weighted by atomic mass is 35.5. The topological polar surface area (TPSA) is 44.4 Å². The molecule has 2 aliphatic rings. The molecule has 1 saturated carbocycles. The molecule has 0 spiro atoms. The van der Waals surface area contributed by atoms with Crippen molar-refractivity contribution in [1.82, 2.24) is 15.5 Å². The summed E-state index contributed by atoms with van der Waals surface area (Å²) in [6.45, 7) is 3.79. The molecule has 1 heterocycles. The molecule has 0 aromatic carbocycles. The zero-order chi connectivity index (χ0) is 13.9. The Morgan fingerprint density at radius 3 is 2.14 bits per heavy atom. The average Bonchev–Trinajstić information content (AvgIpc) is 2.87. The molecule has 1 atom stereocenters. The Bertz CT molecular complexity index is 325. The molecule has 2 rings (SSSR count). The van der Waals surface area contributed by atoms with Crippen molar-refractivity contribution in [3.8, 4) is 0 Å². The first-order valence-electron chi connectivity index (χ1n) is 7.69. The molecule has 0 aromatic rings. The Balaban J connectivity index is 0.00000200. The standard InChI is InChI=1S/C15H29N3O.2ClH/c1-14(8-6-7-11-17-14)13(19)16-12-15(18(2)3)9-4-5-10-15;;/h17H,4-12H2,1-3H3,(H,16,19);2*1H. The van der Waals surface area contributed by atoms with Gasteiger partial charge in [0.05, 0.1) is 5.54 Å². The summed E-state index contributed by atoms with van der Waals surface area (Å²) in [7, 11) is 4.27. The number of carbonyl (C=O) groups excluding carboxylic acids is 1. The van der Waals surface area contributed by atoms with Crippen LogP contribution in [0.25, 0.3) is 0 Å². The largest absolute Gasteiger partial charge is 0.353 e. The molecule has 1 aliphatic carbocycles. The molecular weight excluding hydrogens is 309 g/mol. The van der Waals surface area contributed by atoms with Gasteiger partial charge in [-0.05, 0) is 59.7 Å². The highest BCUT2D eigenvalue weighted by Crippen LogP contribution is 2.33. The average molecular weight is 340 g/mol. The lowest BCUT2D eigenvalue weighted by Gasteiger charge is -2.39. The predicted octanol–water partition coefficient (Wildman–Crippen LogP) is 2.35. The minimum absolute atomic E-state index is 0. The molecule has 1 aliphatic heterocycles. The van der Waals surface area contributed by atoms with Crippen LogP contribution in [-0.4, -0.2) is 49.1 Å². The summed E-state index contributed by atoms with van der Waals surface area (Å²) >= 11 is 0. The van der Waals surface area contributed by atoms with Gasteiger partial charge in [-0.25, -0.2) is 0 Å². The zero-order valence-corrected chi connectivity index (χ0v) is 15.2. The van der Waals surface area contributed by atoms with E-state index < -0.39 is 0 Å². The van der Waals surface area contributed by atoms with Crippen molar-refractivity contribution in [2.24, 2.45) is 0 Å². The maximum absolute atomic E-state index is 12.4. The summed E-state index contributed by atoms with van der Waals surface area (Å²) in [5.74, 6) is 0.181. The van der Waals surface area contributed by atoms with E-state index in [2.05, 4.69) is 29.6 Å². The van der Waals surface area contributed by atoms with Crippen LogP contribution in [0.15, 0.2) is 0 Å². The van der Waals surface area contributed by atoms with Crippen molar-refractivity contribution in [3.05, 3.63) is 0 Å². The highest BCUT2D eigenvalue weighted by Gasteiger charge is 2.39. The number of halogens is 2. The molecule has 2 fully saturated rings. The molecule has 1 unspecified atom stereocenters. The Labute approximate surface area is 141 Å². The second-order valence-corrected chi connectivity index (χ2v) is 6.72. The lowest BCUT2D eigenvalue weighted by atomic mass is 9.89. The molecule has 6 heteroatoms. The van der Waals surface area contributed by atoms with Gasteiger partial charge in [0.15, 0.2) is 0 Å². The van der Waals surface area contributed by atoms with E-state index in [1.54, 1.807) is 0 Å². The van der Waals surface area contributed by atoms with Crippen LogP contribution in [0.2, 0.25) is 0 Å². The lowest BCUT2D eigenvalue weighted by Crippen LogP contribution is -2.60. The number of piperidine rings is 1. The Morgan fingerprint density at radius 1 is 1.10 bits per heavy atom. The summed E-state index contributed by atoms with van der Waals surface area (Å²) in [4.78, 5) is 14.8. The van der Waals surface area contributed by atoms with Crippen LogP contribution in [0, 0.1) is 0 Å². The number of hydrogen-bond donors (Lipinski definition) is 2. The van der Waals surface area contributed by atoms with Gasteiger partial charge in [0, 0.05) is 12.1 Å². The van der Waals surface area contributed by atoms with Crippen molar-refractivity contribution in [2.75, 3.05) is 27.2 Å². The van der Waals surface area contributed by atoms with Crippen LogP contribution in [0.5, 0.6) is 0 Å². The smallest absolute Gasteiger partial charge is 0.240 e. The van der Waals surface area contributed by atoms with Gasteiger partial charge in [0.25, 0.3) is 0 Å². The fraction of sp³-hybridized carbons (Fsp3) is 0.933. The lowest BCUT2D eigenvalue weighted by molar-refractivity contribution is -0.128. The van der Waals surface area contributed by atoms with E-state index in [1.807, 2.05) is 6.92 Å². The van der Waals surface area contributed by atoms with Gasteiger partial charge in [-0.15, -0.1) is 24.8 Å². The maximum Gasteiger partial charge on any atom is 0.240 e. The predicted molar refractivity (Wildman–Crippen MR) is 92.7 cm³/mol. The normalized spacial score (nSPS) is 27.6. The number of likely N-dealkylation sites (N-methyl/N-ethyl adjacent to an activating group) is 1. The monoisotopic (exact) mass is 339 g/mol. The number of rotatable bonds is 4. The second-order valence-electron chi connectivity index (χ2n) is 6.72. The third-order valence-corrected chi connectivity index (χ3v) is 5.18. The molecule has 21 heavy (non-hydrogen) atoms. The number of hydrogen-bond acceptors (Lipinski definition) is 3. The molecular formula is C15H31Cl2N3O. The van der Waals surface area contributed by atoms with Gasteiger partial charge in [-0.2, -0.15) is 0 Å². The first-order valence-corrected chi connectivity index (χ1v) is 7.69. The molecule has 0 bridgehead atoms. The van der Waals surface area contributed by atoms with E-state index in [1.165, 1.54) is 32.1 Å². The fourth-order valence-electron chi connectivity index (χ4n) is 3.51. The van der Waals surface area contributed by atoms with Gasteiger partial charge in [0.2, 0.25) is 5.91 Å². The SMILES string of the molecule is CN(C)C1(CNC(=O)C2(C)CCCCN2)CCCC1.Cl.Cl. The van der Waals surface area contributed by atoms with Crippen LogP contribution in [0.1, 0.15) is 51.9 Å². The van der Waals surface area contributed by atoms with Crippen molar-refractivity contribution in [3.63, 3.8) is 0 Å². The van der Waals surface area contributed by atoms with Gasteiger partial charge < -0.3 is 15.5 Å². The van der Waals surface area contributed by atoms with E-state index in [9.17, 15) is 4.79 Å². The van der Waals surface area contributed by atoms with E-state index >= 15 is 0 Å². The van der Waals surface area contributed by atoms with Crippen molar-refractivity contribution >= 4 is 30.7 Å². The maximum atomic E-state index is 12.4. The van der Waals surface area contributed by atoms with Crippen LogP contribution in [0.4, 0.5) is 0 Å². The quantitative estimate of drug-likeness (QED) is 0.826. The first-order chi connectivity index (χ1) is 8.99. The van der Waals surface area contributed by atoms with E-state index in [-0.39, 0.29) is 41.8 Å². The van der Waals surface area contributed by atoms with Crippen molar-refractivity contribution in [2.45, 2.75) is 62.9 Å². The van der Waals surface area contributed by atoms with E-state index in [0.29, 0.717) is 0 Å². The van der Waals surface area contributed by atoms with Gasteiger partial charge in [-0.3, -0.25) is 4.79 Å². The summed E-state index contributed by atoms with van der Waals surface area (Å²) in [5, 5.41) is 6.60. The highest BCUT2D eigenvalue weighted by molar-refractivity contribution is 5.86. The van der Waals surface area contributed by atoms with E-state index in [0.717, 1.165) is 25.9 Å². The van der Waals surface area contributed by atoms with E-state index in [4.69, 9.17) is 0 Å². The third-order valence-electron chi connectivity index (χ3n) is 5.18. The molecule has 1 saturated heterocycles. The van der Waals surface area contributed by atoms with Crippen LogP contribution < -0.4 is 10.6 Å². The van der Waals surface area contributed by atoms with Crippen LogP contribution in [0.3, 0.4) is 0 Å². The van der Waals surface area contributed by atoms with Crippen molar-refractivity contribution in [1.29, 1.82) is 0 Å². The minimum atomic E-state index is -0.357. The number of nitrogens with zero attached hydrogens (tertiary/aromatic N) is 1. The number of carbonyl (C=O) groups is 1. The molecule has 1 amide bonds. The summed E-state index contributed by atoms with van der Waals surface area (Å²) in [5.41, 5.74) is -0.176. The zero-order valence-electron chi connectivity index (χ0n) is 13.5. The summed E-state index contributed by atoms with van der Waals surface area (Å²) in [6.07, 6.45) is 8.25. The Hall–Kier alpha value is -0.0300. The molecule has 0 aromatic heterocycles. The number of amides is 1. The van der Waals surface area contributed by atoms with Gasteiger partial charge >= 0.3 is 0 Å². The fourth-order valence-corrected chi connectivity index (χ4v) is 3.51. The van der Waals surface area contributed by atoms with Gasteiger partial charge in [0.1, 0.15) is 0 Å². The summed E-state index contributed by atoms with van der Waals surface area (Å²) in [6, 6.07) is 0. The summed E-state index contributed by atoms with van der Waals surface area (Å²) < 4.78 is 0. The van der Waals surface area contributed by atoms with Crippen molar-refractivity contribution < 1.29 is 4.79 Å². The van der Waals surface area contributed by atoms with Crippen LogP contribution >= 0.6 is 24.8 Å². The van der Waals surface area contributed by atoms with Crippen LogP contribution in [-0.2, 0) is 4.79 Å². The molecule has 0 radical (unpaired) electrons. The number of nitrogens with one attached hydrogen (secondary N) is 2. The molecule has 126 valence electrons.